The summed E-state index contributed by atoms with van der Waals surface area (Å²) >= 11 is 0. The molecule has 12 heavy (non-hydrogen) atoms. The van der Waals surface area contributed by atoms with Gasteiger partial charge in [-0.05, 0) is 0 Å². The summed E-state index contributed by atoms with van der Waals surface area (Å²) in [5.74, 6) is 0. The van der Waals surface area contributed by atoms with Gasteiger partial charge in [0.1, 0.15) is 0 Å². The van der Waals surface area contributed by atoms with Crippen molar-refractivity contribution in [2.45, 2.75) is 39.5 Å². The minimum Gasteiger partial charge on any atom is -0.379 e. The number of nitrogens with one attached hydrogen (secondary N) is 1. The number of morpholine rings is 1. The fourth-order valence-electron chi connectivity index (χ4n) is 1.02. The van der Waals surface area contributed by atoms with E-state index in [2.05, 4.69) is 19.2 Å². The molecule has 0 aromatic carbocycles. The molecule has 0 spiro atoms. The predicted molar refractivity (Wildman–Crippen MR) is 53.5 cm³/mol. The molecular weight excluding hydrogens is 150 g/mol. The molecule has 1 heterocycles. The molecule has 0 aliphatic carbocycles. The zero-order chi connectivity index (χ0) is 9.07. The average molecular weight is 173 g/mol. The molecule has 1 aliphatic rings. The average Bonchev–Trinajstić information content (AvgIpc) is 2.18. The Kier molecular flexibility index (Phi) is 10.8. The fourth-order valence-corrected chi connectivity index (χ4v) is 1.02. The second kappa shape index (κ2) is 10.9. The third kappa shape index (κ3) is 9.92. The summed E-state index contributed by atoms with van der Waals surface area (Å²) in [6.45, 7) is 8.30. The van der Waals surface area contributed by atoms with Crippen molar-refractivity contribution < 1.29 is 4.74 Å². The van der Waals surface area contributed by atoms with Crippen molar-refractivity contribution >= 4 is 0 Å². The molecule has 0 saturated carbocycles. The summed E-state index contributed by atoms with van der Waals surface area (Å²) in [4.78, 5) is 0. The molecule has 1 N–H and O–H groups in total. The molecule has 0 radical (unpaired) electrons. The van der Waals surface area contributed by atoms with E-state index in [-0.39, 0.29) is 0 Å². The lowest BCUT2D eigenvalue weighted by molar-refractivity contribution is 0.109. The van der Waals surface area contributed by atoms with Crippen molar-refractivity contribution in [2.24, 2.45) is 0 Å². The maximum absolute atomic E-state index is 5.01. The lowest BCUT2D eigenvalue weighted by Crippen LogP contribution is -2.30. The first-order chi connectivity index (χ1) is 5.91. The van der Waals surface area contributed by atoms with Gasteiger partial charge in [0.25, 0.3) is 0 Å². The zero-order valence-electron chi connectivity index (χ0n) is 8.57. The van der Waals surface area contributed by atoms with Crippen LogP contribution in [0.5, 0.6) is 0 Å². The Morgan fingerprint density at radius 2 is 1.50 bits per heavy atom. The summed E-state index contributed by atoms with van der Waals surface area (Å²) in [6.07, 6.45) is 5.54. The van der Waals surface area contributed by atoms with Crippen LogP contribution < -0.4 is 5.32 Å². The molecule has 0 unspecified atom stereocenters. The Bertz CT molecular complexity index is 56.7. The van der Waals surface area contributed by atoms with E-state index in [4.69, 9.17) is 4.74 Å². The summed E-state index contributed by atoms with van der Waals surface area (Å²) < 4.78 is 5.01. The highest BCUT2D eigenvalue weighted by molar-refractivity contribution is 4.49. The van der Waals surface area contributed by atoms with E-state index in [1.54, 1.807) is 0 Å². The Hall–Kier alpha value is -0.0800. The van der Waals surface area contributed by atoms with Crippen LogP contribution in [0.15, 0.2) is 0 Å². The predicted octanol–water partition coefficient (Wildman–Crippen LogP) is 2.19. The van der Waals surface area contributed by atoms with Gasteiger partial charge in [0, 0.05) is 13.1 Å². The second-order valence-electron chi connectivity index (χ2n) is 3.07. The van der Waals surface area contributed by atoms with E-state index in [1.165, 1.54) is 25.7 Å². The molecule has 0 aromatic heterocycles. The van der Waals surface area contributed by atoms with Gasteiger partial charge in [0.15, 0.2) is 0 Å². The molecule has 1 saturated heterocycles. The molecule has 1 aliphatic heterocycles. The molecule has 1 rings (SSSR count). The lowest BCUT2D eigenvalue weighted by Gasteiger charge is -2.10. The number of hydrogen-bond acceptors (Lipinski definition) is 2. The molecule has 2 nitrogen and oxygen atoms in total. The Morgan fingerprint density at radius 1 is 1.00 bits per heavy atom. The normalized spacial score (nSPS) is 16.5. The number of unbranched alkanes of at least 4 members (excludes halogenated alkanes) is 3. The SMILES string of the molecule is C1COCCN1.CCCCCC. The summed E-state index contributed by atoms with van der Waals surface area (Å²) in [7, 11) is 0. The Morgan fingerprint density at radius 3 is 1.67 bits per heavy atom. The van der Waals surface area contributed by atoms with Gasteiger partial charge in [-0.3, -0.25) is 0 Å². The Labute approximate surface area is 76.7 Å². The van der Waals surface area contributed by atoms with E-state index < -0.39 is 0 Å². The maximum atomic E-state index is 5.01. The van der Waals surface area contributed by atoms with Crippen LogP contribution >= 0.6 is 0 Å². The van der Waals surface area contributed by atoms with E-state index in [0.717, 1.165) is 26.3 Å². The monoisotopic (exact) mass is 173 g/mol. The van der Waals surface area contributed by atoms with Crippen LogP contribution in [0.1, 0.15) is 39.5 Å². The van der Waals surface area contributed by atoms with Gasteiger partial charge in [0.2, 0.25) is 0 Å². The van der Waals surface area contributed by atoms with Gasteiger partial charge in [-0.15, -0.1) is 0 Å². The van der Waals surface area contributed by atoms with E-state index in [1.807, 2.05) is 0 Å². The molecule has 74 valence electrons. The third-order valence-electron chi connectivity index (χ3n) is 1.80. The number of ether oxygens (including phenoxy) is 1. The van der Waals surface area contributed by atoms with E-state index in [9.17, 15) is 0 Å². The highest BCUT2D eigenvalue weighted by Gasteiger charge is 1.92. The highest BCUT2D eigenvalue weighted by atomic mass is 16.5. The van der Waals surface area contributed by atoms with Gasteiger partial charge in [0.05, 0.1) is 13.2 Å². The van der Waals surface area contributed by atoms with Crippen LogP contribution in [0.4, 0.5) is 0 Å². The van der Waals surface area contributed by atoms with Crippen molar-refractivity contribution in [1.82, 2.24) is 5.32 Å². The van der Waals surface area contributed by atoms with Gasteiger partial charge in [-0.1, -0.05) is 39.5 Å². The van der Waals surface area contributed by atoms with E-state index in [0.29, 0.717) is 0 Å². The first kappa shape index (κ1) is 11.9. The molecular formula is C10H23NO. The maximum Gasteiger partial charge on any atom is 0.0591 e. The van der Waals surface area contributed by atoms with Crippen molar-refractivity contribution in [3.05, 3.63) is 0 Å². The van der Waals surface area contributed by atoms with Crippen molar-refractivity contribution in [2.75, 3.05) is 26.3 Å². The topological polar surface area (TPSA) is 21.3 Å². The molecule has 1 fully saturated rings. The van der Waals surface area contributed by atoms with Gasteiger partial charge in [-0.2, -0.15) is 0 Å². The molecule has 0 amide bonds. The summed E-state index contributed by atoms with van der Waals surface area (Å²) in [5, 5.41) is 3.16. The quantitative estimate of drug-likeness (QED) is 0.661. The minimum absolute atomic E-state index is 0.889. The van der Waals surface area contributed by atoms with Crippen LogP contribution in [-0.2, 0) is 4.74 Å². The van der Waals surface area contributed by atoms with Crippen LogP contribution in [0.2, 0.25) is 0 Å². The lowest BCUT2D eigenvalue weighted by atomic mass is 10.2. The van der Waals surface area contributed by atoms with Gasteiger partial charge >= 0.3 is 0 Å². The first-order valence-corrected chi connectivity index (χ1v) is 5.20. The van der Waals surface area contributed by atoms with Crippen molar-refractivity contribution in [3.63, 3.8) is 0 Å². The number of rotatable bonds is 3. The van der Waals surface area contributed by atoms with Crippen molar-refractivity contribution in [3.8, 4) is 0 Å². The van der Waals surface area contributed by atoms with Gasteiger partial charge in [-0.25, -0.2) is 0 Å². The smallest absolute Gasteiger partial charge is 0.0591 e. The van der Waals surface area contributed by atoms with Crippen LogP contribution in [0.3, 0.4) is 0 Å². The largest absolute Gasteiger partial charge is 0.379 e. The molecule has 2 heteroatoms. The van der Waals surface area contributed by atoms with Gasteiger partial charge < -0.3 is 10.1 Å². The fraction of sp³-hybridized carbons (Fsp3) is 1.00. The molecule has 0 bridgehead atoms. The highest BCUT2D eigenvalue weighted by Crippen LogP contribution is 1.95. The number of hydrogen-bond donors (Lipinski definition) is 1. The summed E-state index contributed by atoms with van der Waals surface area (Å²) in [5.41, 5.74) is 0. The molecule has 0 atom stereocenters. The third-order valence-corrected chi connectivity index (χ3v) is 1.80. The molecule has 0 aromatic rings. The zero-order valence-corrected chi connectivity index (χ0v) is 8.57. The van der Waals surface area contributed by atoms with Crippen LogP contribution in [-0.4, -0.2) is 26.3 Å². The van der Waals surface area contributed by atoms with Crippen LogP contribution in [0, 0.1) is 0 Å². The van der Waals surface area contributed by atoms with Crippen molar-refractivity contribution in [1.29, 1.82) is 0 Å². The second-order valence-corrected chi connectivity index (χ2v) is 3.07. The summed E-state index contributed by atoms with van der Waals surface area (Å²) in [6, 6.07) is 0. The first-order valence-electron chi connectivity index (χ1n) is 5.20. The Balaban J connectivity index is 0.000000202. The van der Waals surface area contributed by atoms with E-state index >= 15 is 0 Å². The standard InChI is InChI=1S/C6H14.C4H9NO/c1-3-5-6-4-2;1-3-6-4-2-5-1/h3-6H2,1-2H3;5H,1-4H2. The minimum atomic E-state index is 0.889. The van der Waals surface area contributed by atoms with Crippen LogP contribution in [0.25, 0.3) is 0 Å².